The third kappa shape index (κ3) is 4.12. The zero-order valence-corrected chi connectivity index (χ0v) is 12.5. The molecule has 2 heterocycles. The van der Waals surface area contributed by atoms with E-state index in [9.17, 15) is 4.79 Å². The van der Waals surface area contributed by atoms with E-state index in [1.165, 1.54) is 11.1 Å². The molecule has 20 heavy (non-hydrogen) atoms. The maximum absolute atomic E-state index is 11.6. The first-order chi connectivity index (χ1) is 9.66. The Morgan fingerprint density at radius 1 is 1.50 bits per heavy atom. The van der Waals surface area contributed by atoms with Crippen LogP contribution in [-0.4, -0.2) is 65.9 Å². The largest absolute Gasteiger partial charge is 0.414 e. The molecule has 0 unspecified atom stereocenters. The second-order valence-electron chi connectivity index (χ2n) is 4.50. The first-order valence-corrected chi connectivity index (χ1v) is 7.51. The Morgan fingerprint density at radius 3 is 2.95 bits per heavy atom. The number of aliphatic imine (C=N–C) groups is 1. The van der Waals surface area contributed by atoms with Gasteiger partial charge < -0.3 is 14.5 Å². The highest BCUT2D eigenvalue weighted by molar-refractivity contribution is 7.99. The lowest BCUT2D eigenvalue weighted by Gasteiger charge is -2.23. The average molecular weight is 294 g/mol. The lowest BCUT2D eigenvalue weighted by Crippen LogP contribution is -2.31. The van der Waals surface area contributed by atoms with Crippen molar-refractivity contribution >= 4 is 29.9 Å². The standard InChI is InChI=1S/C13H18N4O2S/c1-16(2)13(18)19-12-9-14-4-3-11(12)15-10-17-5-7-20-8-6-17/h3-4,9-10H,5-8H2,1-2H3/b15-10+. The van der Waals surface area contributed by atoms with Crippen LogP contribution in [0.4, 0.5) is 10.5 Å². The summed E-state index contributed by atoms with van der Waals surface area (Å²) >= 11 is 1.95. The molecule has 0 atom stereocenters. The van der Waals surface area contributed by atoms with E-state index < -0.39 is 6.09 Å². The Kier molecular flexibility index (Phi) is 5.23. The molecule has 1 aliphatic heterocycles. The quantitative estimate of drug-likeness (QED) is 0.629. The Balaban J connectivity index is 2.07. The third-order valence-corrected chi connectivity index (χ3v) is 3.67. The van der Waals surface area contributed by atoms with Crippen LogP contribution in [0.5, 0.6) is 5.75 Å². The summed E-state index contributed by atoms with van der Waals surface area (Å²) in [6.07, 6.45) is 4.50. The van der Waals surface area contributed by atoms with Crippen LogP contribution >= 0.6 is 11.8 Å². The highest BCUT2D eigenvalue weighted by Crippen LogP contribution is 2.26. The van der Waals surface area contributed by atoms with Gasteiger partial charge in [-0.15, -0.1) is 0 Å². The number of hydrogen-bond acceptors (Lipinski definition) is 5. The summed E-state index contributed by atoms with van der Waals surface area (Å²) in [5.74, 6) is 2.60. The third-order valence-electron chi connectivity index (χ3n) is 2.73. The summed E-state index contributed by atoms with van der Waals surface area (Å²) in [5.41, 5.74) is 0.605. The van der Waals surface area contributed by atoms with E-state index in [0.29, 0.717) is 11.4 Å². The van der Waals surface area contributed by atoms with Crippen molar-refractivity contribution in [3.8, 4) is 5.75 Å². The van der Waals surface area contributed by atoms with E-state index in [2.05, 4.69) is 14.9 Å². The second kappa shape index (κ2) is 7.14. The van der Waals surface area contributed by atoms with Gasteiger partial charge in [-0.2, -0.15) is 11.8 Å². The summed E-state index contributed by atoms with van der Waals surface area (Å²) in [4.78, 5) is 23.5. The number of carbonyl (C=O) groups excluding carboxylic acids is 1. The van der Waals surface area contributed by atoms with E-state index in [4.69, 9.17) is 4.74 Å². The van der Waals surface area contributed by atoms with E-state index >= 15 is 0 Å². The predicted molar refractivity (Wildman–Crippen MR) is 81.0 cm³/mol. The van der Waals surface area contributed by atoms with E-state index in [0.717, 1.165) is 24.6 Å². The van der Waals surface area contributed by atoms with Crippen LogP contribution in [0.25, 0.3) is 0 Å². The Labute approximate surface area is 122 Å². The number of nitrogens with zero attached hydrogens (tertiary/aromatic N) is 4. The SMILES string of the molecule is CN(C)C(=O)Oc1cnccc1/N=C/N1CCSCC1. The summed E-state index contributed by atoms with van der Waals surface area (Å²) < 4.78 is 5.23. The molecule has 1 fully saturated rings. The number of thioether (sulfide) groups is 1. The molecule has 6 nitrogen and oxygen atoms in total. The van der Waals surface area contributed by atoms with Gasteiger partial charge >= 0.3 is 6.09 Å². The predicted octanol–water partition coefficient (Wildman–Crippen LogP) is 1.85. The lowest BCUT2D eigenvalue weighted by molar-refractivity contribution is 0.172. The van der Waals surface area contributed by atoms with Crippen LogP contribution in [0, 0.1) is 0 Å². The normalized spacial score (nSPS) is 15.4. The van der Waals surface area contributed by atoms with Crippen molar-refractivity contribution in [2.75, 3.05) is 38.7 Å². The molecule has 0 spiro atoms. The molecule has 108 valence electrons. The maximum atomic E-state index is 11.6. The highest BCUT2D eigenvalue weighted by atomic mass is 32.2. The van der Waals surface area contributed by atoms with Gasteiger partial charge in [0.25, 0.3) is 0 Å². The number of rotatable bonds is 3. The first-order valence-electron chi connectivity index (χ1n) is 6.36. The van der Waals surface area contributed by atoms with Crippen LogP contribution in [0.15, 0.2) is 23.5 Å². The molecule has 0 bridgehead atoms. The Morgan fingerprint density at radius 2 is 2.25 bits per heavy atom. The van der Waals surface area contributed by atoms with Gasteiger partial charge in [-0.05, 0) is 6.07 Å². The molecule has 1 amide bonds. The molecule has 2 rings (SSSR count). The molecule has 7 heteroatoms. The van der Waals surface area contributed by atoms with Gasteiger partial charge in [-0.3, -0.25) is 4.98 Å². The van der Waals surface area contributed by atoms with Gasteiger partial charge in [0.15, 0.2) is 5.75 Å². The van der Waals surface area contributed by atoms with Crippen molar-refractivity contribution in [2.24, 2.45) is 4.99 Å². The van der Waals surface area contributed by atoms with Gasteiger partial charge in [0.05, 0.1) is 12.5 Å². The number of aromatic nitrogens is 1. The molecule has 1 aromatic rings. The van der Waals surface area contributed by atoms with Gasteiger partial charge in [-0.1, -0.05) is 0 Å². The van der Waals surface area contributed by atoms with E-state index in [1.807, 2.05) is 18.1 Å². The molecular weight excluding hydrogens is 276 g/mol. The smallest absolute Gasteiger partial charge is 0.406 e. The number of pyridine rings is 1. The summed E-state index contributed by atoms with van der Waals surface area (Å²) in [7, 11) is 3.26. The minimum Gasteiger partial charge on any atom is -0.406 e. The molecule has 1 aromatic heterocycles. The molecule has 1 aliphatic rings. The van der Waals surface area contributed by atoms with Crippen LogP contribution in [0.1, 0.15) is 0 Å². The minimum atomic E-state index is -0.441. The van der Waals surface area contributed by atoms with Gasteiger partial charge in [0, 0.05) is 44.9 Å². The van der Waals surface area contributed by atoms with Crippen molar-refractivity contribution in [3.63, 3.8) is 0 Å². The van der Waals surface area contributed by atoms with Crippen molar-refractivity contribution in [3.05, 3.63) is 18.5 Å². The van der Waals surface area contributed by atoms with Gasteiger partial charge in [0.1, 0.15) is 5.69 Å². The average Bonchev–Trinajstić information content (AvgIpc) is 2.47. The fourth-order valence-electron chi connectivity index (χ4n) is 1.58. The molecule has 0 saturated carbocycles. The first kappa shape index (κ1) is 14.6. The lowest BCUT2D eigenvalue weighted by atomic mass is 10.4. The number of ether oxygens (including phenoxy) is 1. The van der Waals surface area contributed by atoms with Gasteiger partial charge in [0.2, 0.25) is 0 Å². The molecule has 1 saturated heterocycles. The van der Waals surface area contributed by atoms with Crippen molar-refractivity contribution < 1.29 is 9.53 Å². The minimum absolute atomic E-state index is 0.369. The Hall–Kier alpha value is -1.76. The number of carbonyl (C=O) groups is 1. The van der Waals surface area contributed by atoms with Crippen LogP contribution in [-0.2, 0) is 0 Å². The van der Waals surface area contributed by atoms with Crippen LogP contribution < -0.4 is 4.74 Å². The number of amides is 1. The van der Waals surface area contributed by atoms with E-state index in [1.54, 1.807) is 26.4 Å². The van der Waals surface area contributed by atoms with Crippen LogP contribution in [0.2, 0.25) is 0 Å². The highest BCUT2D eigenvalue weighted by Gasteiger charge is 2.11. The maximum Gasteiger partial charge on any atom is 0.414 e. The van der Waals surface area contributed by atoms with Crippen molar-refractivity contribution in [2.45, 2.75) is 0 Å². The monoisotopic (exact) mass is 294 g/mol. The van der Waals surface area contributed by atoms with Crippen molar-refractivity contribution in [1.82, 2.24) is 14.8 Å². The summed E-state index contributed by atoms with van der Waals surface area (Å²) in [5, 5.41) is 0. The summed E-state index contributed by atoms with van der Waals surface area (Å²) in [6.45, 7) is 1.98. The molecular formula is C13H18N4O2S. The van der Waals surface area contributed by atoms with Gasteiger partial charge in [-0.25, -0.2) is 9.79 Å². The fraction of sp³-hybridized carbons (Fsp3) is 0.462. The molecule has 0 aliphatic carbocycles. The summed E-state index contributed by atoms with van der Waals surface area (Å²) in [6, 6.07) is 1.73. The fourth-order valence-corrected chi connectivity index (χ4v) is 2.51. The topological polar surface area (TPSA) is 58.0 Å². The zero-order chi connectivity index (χ0) is 14.4. The Bertz CT molecular complexity index is 487. The molecule has 0 radical (unpaired) electrons. The molecule has 0 N–H and O–H groups in total. The van der Waals surface area contributed by atoms with Crippen LogP contribution in [0.3, 0.4) is 0 Å². The second-order valence-corrected chi connectivity index (χ2v) is 5.72. The zero-order valence-electron chi connectivity index (χ0n) is 11.7. The van der Waals surface area contributed by atoms with E-state index in [-0.39, 0.29) is 0 Å². The number of hydrogen-bond donors (Lipinski definition) is 0. The molecule has 0 aromatic carbocycles. The van der Waals surface area contributed by atoms with Crippen molar-refractivity contribution in [1.29, 1.82) is 0 Å².